The molecule has 0 heterocycles. The highest BCUT2D eigenvalue weighted by Crippen LogP contribution is 2.36. The first kappa shape index (κ1) is 22.0. The molecule has 1 amide bonds. The van der Waals surface area contributed by atoms with Crippen LogP contribution in [0.4, 0.5) is 4.39 Å². The van der Waals surface area contributed by atoms with Crippen molar-refractivity contribution in [1.29, 1.82) is 0 Å². The highest BCUT2D eigenvalue weighted by Gasteiger charge is 2.19. The van der Waals surface area contributed by atoms with Gasteiger partial charge in [0.05, 0.1) is 24.8 Å². The van der Waals surface area contributed by atoms with Crippen molar-refractivity contribution in [2.75, 3.05) is 34.4 Å². The van der Waals surface area contributed by atoms with Crippen LogP contribution < -0.4 is 14.8 Å². The van der Waals surface area contributed by atoms with Gasteiger partial charge in [0.2, 0.25) is 0 Å². The molecule has 0 saturated carbocycles. The first-order chi connectivity index (χ1) is 13.4. The van der Waals surface area contributed by atoms with E-state index in [4.69, 9.17) is 21.1 Å². The van der Waals surface area contributed by atoms with Crippen molar-refractivity contribution in [3.63, 3.8) is 0 Å². The molecule has 5 nitrogen and oxygen atoms in total. The second kappa shape index (κ2) is 10.3. The zero-order chi connectivity index (χ0) is 20.7. The molecule has 2 aromatic rings. The van der Waals surface area contributed by atoms with E-state index in [-0.39, 0.29) is 17.8 Å². The number of carbonyl (C=O) groups excluding carboxylic acids is 1. The summed E-state index contributed by atoms with van der Waals surface area (Å²) in [6.07, 6.45) is 0.827. The lowest BCUT2D eigenvalue weighted by atomic mass is 10.1. The number of ether oxygens (including phenoxy) is 2. The number of nitrogens with zero attached hydrogens (tertiary/aromatic N) is 1. The van der Waals surface area contributed by atoms with Crippen LogP contribution in [0.2, 0.25) is 5.02 Å². The van der Waals surface area contributed by atoms with Gasteiger partial charge in [-0.25, -0.2) is 4.39 Å². The van der Waals surface area contributed by atoms with E-state index in [0.717, 1.165) is 12.0 Å². The van der Waals surface area contributed by atoms with Crippen molar-refractivity contribution < 1.29 is 18.7 Å². The molecular weight excluding hydrogens is 383 g/mol. The molecule has 7 heteroatoms. The number of rotatable bonds is 9. The standard InChI is InChI=1S/C21H26ClFN2O3/c1-5-9-28-20-17(22)11-15(12-19(20)27-4)21(26)24-13-18(25(2)3)14-7-6-8-16(23)10-14/h6-8,10-12,18H,5,9,13H2,1-4H3,(H,24,26). The fraction of sp³-hybridized carbons (Fsp3) is 0.381. The molecule has 1 N–H and O–H groups in total. The minimum absolute atomic E-state index is 0.177. The van der Waals surface area contributed by atoms with E-state index >= 15 is 0 Å². The lowest BCUT2D eigenvalue weighted by Gasteiger charge is -2.25. The minimum Gasteiger partial charge on any atom is -0.493 e. The summed E-state index contributed by atoms with van der Waals surface area (Å²) < 4.78 is 24.5. The minimum atomic E-state index is -0.310. The maximum Gasteiger partial charge on any atom is 0.251 e. The Morgan fingerprint density at radius 2 is 2.04 bits per heavy atom. The molecule has 0 aliphatic rings. The molecule has 0 bridgehead atoms. The molecule has 0 aliphatic carbocycles. The molecule has 0 aromatic heterocycles. The van der Waals surface area contributed by atoms with Gasteiger partial charge in [0.25, 0.3) is 5.91 Å². The average molecular weight is 409 g/mol. The number of methoxy groups -OCH3 is 1. The van der Waals surface area contributed by atoms with Gasteiger partial charge in [-0.3, -0.25) is 4.79 Å². The van der Waals surface area contributed by atoms with Crippen LogP contribution in [-0.2, 0) is 0 Å². The van der Waals surface area contributed by atoms with E-state index in [1.165, 1.54) is 19.2 Å². The second-order valence-corrected chi connectivity index (χ2v) is 6.99. The first-order valence-corrected chi connectivity index (χ1v) is 9.45. The molecule has 1 atom stereocenters. The SMILES string of the molecule is CCCOc1c(Cl)cc(C(=O)NCC(c2cccc(F)c2)N(C)C)cc1OC. The summed E-state index contributed by atoms with van der Waals surface area (Å²) in [6.45, 7) is 2.80. The summed E-state index contributed by atoms with van der Waals surface area (Å²) in [6, 6.07) is 9.32. The predicted molar refractivity (Wildman–Crippen MR) is 109 cm³/mol. The molecule has 0 fully saturated rings. The van der Waals surface area contributed by atoms with Crippen LogP contribution in [0.5, 0.6) is 11.5 Å². The number of carbonyl (C=O) groups is 1. The summed E-state index contributed by atoms with van der Waals surface area (Å²) in [5.41, 5.74) is 1.15. The van der Waals surface area contributed by atoms with Crippen molar-refractivity contribution >= 4 is 17.5 Å². The van der Waals surface area contributed by atoms with Gasteiger partial charge in [-0.05, 0) is 50.3 Å². The number of amides is 1. The van der Waals surface area contributed by atoms with Crippen LogP contribution >= 0.6 is 11.6 Å². The van der Waals surface area contributed by atoms with E-state index in [1.807, 2.05) is 32.0 Å². The van der Waals surface area contributed by atoms with Gasteiger partial charge in [-0.1, -0.05) is 30.7 Å². The van der Waals surface area contributed by atoms with Gasteiger partial charge in [-0.2, -0.15) is 0 Å². The summed E-state index contributed by atoms with van der Waals surface area (Å²) in [5, 5.41) is 3.19. The maximum absolute atomic E-state index is 13.6. The Morgan fingerprint density at radius 1 is 1.29 bits per heavy atom. The zero-order valence-corrected chi connectivity index (χ0v) is 17.3. The molecule has 0 spiro atoms. The Bertz CT molecular complexity index is 814. The fourth-order valence-electron chi connectivity index (χ4n) is 2.80. The lowest BCUT2D eigenvalue weighted by Crippen LogP contribution is -2.34. The van der Waals surface area contributed by atoms with Crippen LogP contribution in [0.15, 0.2) is 36.4 Å². The molecular formula is C21H26ClFN2O3. The molecule has 28 heavy (non-hydrogen) atoms. The number of benzene rings is 2. The molecule has 2 rings (SSSR count). The van der Waals surface area contributed by atoms with E-state index in [1.54, 1.807) is 18.2 Å². The fourth-order valence-corrected chi connectivity index (χ4v) is 3.06. The second-order valence-electron chi connectivity index (χ2n) is 6.58. The summed E-state index contributed by atoms with van der Waals surface area (Å²) >= 11 is 6.28. The van der Waals surface area contributed by atoms with Crippen LogP contribution in [0.3, 0.4) is 0 Å². The Morgan fingerprint density at radius 3 is 2.64 bits per heavy atom. The number of likely N-dealkylation sites (N-methyl/N-ethyl adjacent to an activating group) is 1. The molecule has 1 unspecified atom stereocenters. The van der Waals surface area contributed by atoms with E-state index in [0.29, 0.717) is 35.2 Å². The zero-order valence-electron chi connectivity index (χ0n) is 16.6. The van der Waals surface area contributed by atoms with Gasteiger partial charge < -0.3 is 19.7 Å². The molecule has 152 valence electrons. The lowest BCUT2D eigenvalue weighted by molar-refractivity contribution is 0.0941. The van der Waals surface area contributed by atoms with Gasteiger partial charge >= 0.3 is 0 Å². The van der Waals surface area contributed by atoms with E-state index in [2.05, 4.69) is 5.32 Å². The monoisotopic (exact) mass is 408 g/mol. The first-order valence-electron chi connectivity index (χ1n) is 9.07. The number of halogens is 2. The van der Waals surface area contributed by atoms with Crippen LogP contribution in [0.1, 0.15) is 35.3 Å². The highest BCUT2D eigenvalue weighted by molar-refractivity contribution is 6.32. The quantitative estimate of drug-likeness (QED) is 0.671. The smallest absolute Gasteiger partial charge is 0.251 e. The van der Waals surface area contributed by atoms with E-state index in [9.17, 15) is 9.18 Å². The van der Waals surface area contributed by atoms with Gasteiger partial charge in [0.15, 0.2) is 11.5 Å². The third-order valence-electron chi connectivity index (χ3n) is 4.25. The van der Waals surface area contributed by atoms with Gasteiger partial charge in [0, 0.05) is 12.1 Å². The Hall–Kier alpha value is -2.31. The van der Waals surface area contributed by atoms with Gasteiger partial charge in [-0.15, -0.1) is 0 Å². The Balaban J connectivity index is 2.16. The number of nitrogens with one attached hydrogen (secondary N) is 1. The normalized spacial score (nSPS) is 12.0. The van der Waals surface area contributed by atoms with Crippen molar-refractivity contribution in [3.8, 4) is 11.5 Å². The van der Waals surface area contributed by atoms with Crippen molar-refractivity contribution in [2.45, 2.75) is 19.4 Å². The topological polar surface area (TPSA) is 50.8 Å². The maximum atomic E-state index is 13.6. The summed E-state index contributed by atoms with van der Waals surface area (Å²) in [5.74, 6) is 0.217. The predicted octanol–water partition coefficient (Wildman–Crippen LogP) is 4.31. The van der Waals surface area contributed by atoms with Crippen molar-refractivity contribution in [1.82, 2.24) is 10.2 Å². The molecule has 0 saturated heterocycles. The Kier molecular flexibility index (Phi) is 8.08. The molecule has 0 radical (unpaired) electrons. The third-order valence-corrected chi connectivity index (χ3v) is 4.54. The largest absolute Gasteiger partial charge is 0.493 e. The molecule has 2 aromatic carbocycles. The average Bonchev–Trinajstić information content (AvgIpc) is 2.66. The number of hydrogen-bond donors (Lipinski definition) is 1. The van der Waals surface area contributed by atoms with Crippen LogP contribution in [0.25, 0.3) is 0 Å². The van der Waals surface area contributed by atoms with Crippen LogP contribution in [0, 0.1) is 5.82 Å². The highest BCUT2D eigenvalue weighted by atomic mass is 35.5. The van der Waals surface area contributed by atoms with Crippen molar-refractivity contribution in [2.24, 2.45) is 0 Å². The van der Waals surface area contributed by atoms with Gasteiger partial charge in [0.1, 0.15) is 5.82 Å². The van der Waals surface area contributed by atoms with E-state index < -0.39 is 0 Å². The van der Waals surface area contributed by atoms with Crippen molar-refractivity contribution in [3.05, 3.63) is 58.4 Å². The number of hydrogen-bond acceptors (Lipinski definition) is 4. The summed E-state index contributed by atoms with van der Waals surface area (Å²) in [7, 11) is 5.25. The van der Waals surface area contributed by atoms with Crippen LogP contribution in [-0.4, -0.2) is 45.2 Å². The molecule has 0 aliphatic heterocycles. The Labute approximate surface area is 170 Å². The third kappa shape index (κ3) is 5.59. The summed E-state index contributed by atoms with van der Waals surface area (Å²) in [4.78, 5) is 14.6.